The molecule has 198 valence electrons. The van der Waals surface area contributed by atoms with Crippen molar-refractivity contribution in [2.75, 3.05) is 32.2 Å². The molecule has 1 fully saturated rings. The maximum atomic E-state index is 13.8. The Morgan fingerprint density at radius 3 is 2.35 bits per heavy atom. The van der Waals surface area contributed by atoms with Crippen LogP contribution in [-0.2, 0) is 9.59 Å². The molecule has 0 saturated carbocycles. The molecule has 2 heterocycles. The molecule has 2 atom stereocenters. The first-order valence-corrected chi connectivity index (χ1v) is 12.1. The van der Waals surface area contributed by atoms with Gasteiger partial charge in [0.25, 0.3) is 11.8 Å². The number of amides is 2. The average Bonchev–Trinajstić information content (AvgIpc) is 3.38. The van der Waals surface area contributed by atoms with Crippen LogP contribution in [0.5, 0.6) is 11.5 Å². The van der Waals surface area contributed by atoms with Crippen molar-refractivity contribution in [1.29, 1.82) is 0 Å². The Morgan fingerprint density at radius 1 is 1.05 bits per heavy atom. The van der Waals surface area contributed by atoms with E-state index in [1.165, 1.54) is 25.3 Å². The summed E-state index contributed by atoms with van der Waals surface area (Å²) in [5, 5.41) is 3.00. The maximum Gasteiger partial charge on any atom is 0.389 e. The molecule has 4 rings (SSSR count). The number of carbonyl (C=O) groups is 2. The van der Waals surface area contributed by atoms with Gasteiger partial charge in [-0.3, -0.25) is 14.5 Å². The van der Waals surface area contributed by atoms with E-state index in [1.54, 1.807) is 23.1 Å². The van der Waals surface area contributed by atoms with Crippen molar-refractivity contribution >= 4 is 17.5 Å². The van der Waals surface area contributed by atoms with Gasteiger partial charge < -0.3 is 19.7 Å². The summed E-state index contributed by atoms with van der Waals surface area (Å²) in [5.41, 5.74) is 1.29. The van der Waals surface area contributed by atoms with E-state index in [1.807, 2.05) is 30.3 Å². The van der Waals surface area contributed by atoms with Crippen LogP contribution in [0.2, 0.25) is 0 Å². The molecule has 1 saturated heterocycles. The standard InChI is InChI=1S/C27H30F3N3O4/c1-36-21-10-6-11-22(37-2)24(21)33-23(12-7-14-27(28,29)30)31-16-20(26(33)35)25(34)32-15-13-19(17-32)18-8-4-3-5-9-18/h3-6,8-11,16,19,23,31H,7,12-15,17H2,1-2H3/t19?,23-/m1/s1. The minimum Gasteiger partial charge on any atom is -0.494 e. The number of halogens is 3. The van der Waals surface area contributed by atoms with E-state index in [2.05, 4.69) is 5.32 Å². The monoisotopic (exact) mass is 517 g/mol. The second kappa shape index (κ2) is 11.1. The SMILES string of the molecule is COc1cccc(OC)c1N1C(=O)C(C(=O)N2CCC(c3ccccc3)C2)=CN[C@H]1CCCC(F)(F)F. The van der Waals surface area contributed by atoms with E-state index in [4.69, 9.17) is 9.47 Å². The Labute approximate surface area is 213 Å². The van der Waals surface area contributed by atoms with Crippen LogP contribution in [0.15, 0.2) is 60.3 Å². The second-order valence-electron chi connectivity index (χ2n) is 9.08. The number of nitrogens with one attached hydrogen (secondary N) is 1. The molecule has 0 radical (unpaired) electrons. The second-order valence-corrected chi connectivity index (χ2v) is 9.08. The Kier molecular flexibility index (Phi) is 7.94. The van der Waals surface area contributed by atoms with Gasteiger partial charge >= 0.3 is 6.18 Å². The topological polar surface area (TPSA) is 71.1 Å². The number of hydrogen-bond acceptors (Lipinski definition) is 5. The summed E-state index contributed by atoms with van der Waals surface area (Å²) in [7, 11) is 2.85. The van der Waals surface area contributed by atoms with Crippen LogP contribution in [-0.4, -0.2) is 56.4 Å². The average molecular weight is 518 g/mol. The van der Waals surface area contributed by atoms with Gasteiger partial charge in [0, 0.05) is 31.6 Å². The van der Waals surface area contributed by atoms with Crippen molar-refractivity contribution in [3.8, 4) is 11.5 Å². The minimum atomic E-state index is -4.31. The summed E-state index contributed by atoms with van der Waals surface area (Å²) < 4.78 is 49.4. The third-order valence-electron chi connectivity index (χ3n) is 6.74. The highest BCUT2D eigenvalue weighted by atomic mass is 19.4. The van der Waals surface area contributed by atoms with Crippen LogP contribution in [0.25, 0.3) is 0 Å². The fourth-order valence-corrected chi connectivity index (χ4v) is 4.89. The number of alkyl halides is 3. The smallest absolute Gasteiger partial charge is 0.389 e. The van der Waals surface area contributed by atoms with Crippen molar-refractivity contribution in [2.24, 2.45) is 0 Å². The first kappa shape index (κ1) is 26.4. The quantitative estimate of drug-likeness (QED) is 0.519. The largest absolute Gasteiger partial charge is 0.494 e. The molecule has 0 bridgehead atoms. The van der Waals surface area contributed by atoms with Crippen LogP contribution >= 0.6 is 0 Å². The molecule has 1 unspecified atom stereocenters. The van der Waals surface area contributed by atoms with Crippen molar-refractivity contribution in [3.05, 3.63) is 65.9 Å². The van der Waals surface area contributed by atoms with Gasteiger partial charge in [0.1, 0.15) is 28.9 Å². The summed E-state index contributed by atoms with van der Waals surface area (Å²) in [6.45, 7) is 0.969. The maximum absolute atomic E-state index is 13.8. The Bertz CT molecular complexity index is 1130. The molecule has 2 aliphatic rings. The molecule has 2 amide bonds. The number of anilines is 1. The van der Waals surface area contributed by atoms with Gasteiger partial charge in [0.2, 0.25) is 0 Å². The fourth-order valence-electron chi connectivity index (χ4n) is 4.89. The van der Waals surface area contributed by atoms with Gasteiger partial charge in [-0.25, -0.2) is 0 Å². The number of ether oxygens (including phenoxy) is 2. The van der Waals surface area contributed by atoms with Crippen LogP contribution in [0, 0.1) is 0 Å². The number of methoxy groups -OCH3 is 2. The molecule has 37 heavy (non-hydrogen) atoms. The van der Waals surface area contributed by atoms with Gasteiger partial charge in [0.05, 0.1) is 14.2 Å². The van der Waals surface area contributed by atoms with Crippen LogP contribution in [0.4, 0.5) is 18.9 Å². The van der Waals surface area contributed by atoms with Crippen molar-refractivity contribution in [3.63, 3.8) is 0 Å². The van der Waals surface area contributed by atoms with Gasteiger partial charge in [-0.2, -0.15) is 13.2 Å². The highest BCUT2D eigenvalue weighted by Crippen LogP contribution is 2.41. The molecule has 0 aliphatic carbocycles. The van der Waals surface area contributed by atoms with Crippen LogP contribution < -0.4 is 19.7 Å². The molecule has 7 nitrogen and oxygen atoms in total. The molecule has 10 heteroatoms. The lowest BCUT2D eigenvalue weighted by Crippen LogP contribution is -2.54. The summed E-state index contributed by atoms with van der Waals surface area (Å²) >= 11 is 0. The van der Waals surface area contributed by atoms with Crippen LogP contribution in [0.1, 0.15) is 37.2 Å². The highest BCUT2D eigenvalue weighted by Gasteiger charge is 2.40. The number of carbonyl (C=O) groups excluding carboxylic acids is 2. The molecule has 0 aromatic heterocycles. The summed E-state index contributed by atoms with van der Waals surface area (Å²) in [6, 6.07) is 14.8. The number of para-hydroxylation sites is 1. The Balaban J connectivity index is 1.61. The minimum absolute atomic E-state index is 0.00419. The number of likely N-dealkylation sites (tertiary alicyclic amines) is 1. The Morgan fingerprint density at radius 2 is 1.73 bits per heavy atom. The zero-order chi connectivity index (χ0) is 26.6. The van der Waals surface area contributed by atoms with E-state index < -0.39 is 30.6 Å². The van der Waals surface area contributed by atoms with Gasteiger partial charge in [-0.15, -0.1) is 0 Å². The van der Waals surface area contributed by atoms with Gasteiger partial charge in [0.15, 0.2) is 0 Å². The van der Waals surface area contributed by atoms with E-state index in [-0.39, 0.29) is 30.0 Å². The zero-order valence-electron chi connectivity index (χ0n) is 20.8. The van der Waals surface area contributed by atoms with Crippen molar-refractivity contribution in [1.82, 2.24) is 10.2 Å². The molecule has 2 aliphatic heterocycles. The van der Waals surface area contributed by atoms with Gasteiger partial charge in [-0.1, -0.05) is 36.4 Å². The lowest BCUT2D eigenvalue weighted by Gasteiger charge is -2.37. The summed E-state index contributed by atoms with van der Waals surface area (Å²) in [6.07, 6.45) is -4.22. The third kappa shape index (κ3) is 5.84. The number of rotatable bonds is 8. The summed E-state index contributed by atoms with van der Waals surface area (Å²) in [4.78, 5) is 30.2. The molecule has 0 spiro atoms. The summed E-state index contributed by atoms with van der Waals surface area (Å²) in [5.74, 6) is -0.281. The molecular formula is C27H30F3N3O4. The number of benzene rings is 2. The molecule has 2 aromatic carbocycles. The number of nitrogens with zero attached hydrogens (tertiary/aromatic N) is 2. The molecule has 1 N–H and O–H groups in total. The van der Waals surface area contributed by atoms with Crippen molar-refractivity contribution in [2.45, 2.75) is 43.9 Å². The predicted molar refractivity (Wildman–Crippen MR) is 132 cm³/mol. The predicted octanol–water partition coefficient (Wildman–Crippen LogP) is 4.60. The van der Waals surface area contributed by atoms with E-state index in [0.717, 1.165) is 12.0 Å². The third-order valence-corrected chi connectivity index (χ3v) is 6.74. The first-order valence-electron chi connectivity index (χ1n) is 12.1. The van der Waals surface area contributed by atoms with Crippen molar-refractivity contribution < 1.29 is 32.2 Å². The lowest BCUT2D eigenvalue weighted by molar-refractivity contribution is -0.135. The molecular weight excluding hydrogens is 487 g/mol. The highest BCUT2D eigenvalue weighted by molar-refractivity contribution is 6.24. The lowest BCUT2D eigenvalue weighted by atomic mass is 9.99. The normalized spacial score (nSPS) is 19.9. The van der Waals surface area contributed by atoms with E-state index in [9.17, 15) is 22.8 Å². The molecule has 2 aromatic rings. The van der Waals surface area contributed by atoms with Gasteiger partial charge in [-0.05, 0) is 37.0 Å². The van der Waals surface area contributed by atoms with Crippen LogP contribution in [0.3, 0.4) is 0 Å². The fraction of sp³-hybridized carbons (Fsp3) is 0.407. The van der Waals surface area contributed by atoms with E-state index >= 15 is 0 Å². The zero-order valence-corrected chi connectivity index (χ0v) is 20.8. The van der Waals surface area contributed by atoms with E-state index in [0.29, 0.717) is 24.6 Å². The first-order chi connectivity index (χ1) is 17.7. The number of hydrogen-bond donors (Lipinski definition) is 1. The Hall–Kier alpha value is -3.69.